The van der Waals surface area contributed by atoms with Crippen LogP contribution in [0.5, 0.6) is 0 Å². The molecule has 0 bridgehead atoms. The van der Waals surface area contributed by atoms with Crippen LogP contribution in [0, 0.1) is 0 Å². The van der Waals surface area contributed by atoms with E-state index in [1.165, 1.54) is 21.3 Å². The first kappa shape index (κ1) is 12.1. The van der Waals surface area contributed by atoms with Crippen molar-refractivity contribution >= 4 is 0 Å². The fourth-order valence-corrected chi connectivity index (χ4v) is 1.41. The summed E-state index contributed by atoms with van der Waals surface area (Å²) in [4.78, 5) is 0. The minimum Gasteiger partial charge on any atom is -0.368 e. The summed E-state index contributed by atoms with van der Waals surface area (Å²) in [6.45, 7) is 0. The van der Waals surface area contributed by atoms with Crippen molar-refractivity contribution in [2.45, 2.75) is 12.1 Å². The van der Waals surface area contributed by atoms with Gasteiger partial charge in [-0.25, -0.2) is 0 Å². The molecule has 0 aliphatic carbocycles. The molecule has 83 valence electrons. The third kappa shape index (κ3) is 2.54. The van der Waals surface area contributed by atoms with Gasteiger partial charge in [0.05, 0.1) is 0 Å². The summed E-state index contributed by atoms with van der Waals surface area (Å²) in [5.41, 5.74) is 0.721. The summed E-state index contributed by atoms with van der Waals surface area (Å²) in [5.74, 6) is -2.02. The highest BCUT2D eigenvalue weighted by Gasteiger charge is 2.41. The molecule has 0 saturated carbocycles. The molecule has 4 heteroatoms. The molecule has 0 heterocycles. The van der Waals surface area contributed by atoms with Crippen LogP contribution in [-0.4, -0.2) is 27.3 Å². The second-order valence-electron chi connectivity index (χ2n) is 3.04. The predicted octanol–water partition coefficient (Wildman–Crippen LogP) is 1.75. The van der Waals surface area contributed by atoms with Crippen LogP contribution in [0.1, 0.15) is 11.7 Å². The van der Waals surface area contributed by atoms with Gasteiger partial charge in [0.15, 0.2) is 6.10 Å². The molecule has 0 amide bonds. The van der Waals surface area contributed by atoms with Crippen LogP contribution in [0.25, 0.3) is 0 Å². The Balaban J connectivity index is 2.98. The van der Waals surface area contributed by atoms with Crippen LogP contribution in [0.3, 0.4) is 0 Å². The standard InChI is InChI=1S/C11H15O4/c1-13-10(11(12,14-2)15-3)9-7-5-4-6-8-9/h4-8,10H,1-3H3. The summed E-state index contributed by atoms with van der Waals surface area (Å²) in [6, 6.07) is 9.10. The van der Waals surface area contributed by atoms with Crippen molar-refractivity contribution in [3.05, 3.63) is 35.9 Å². The number of hydrogen-bond acceptors (Lipinski definition) is 3. The summed E-state index contributed by atoms with van der Waals surface area (Å²) in [7, 11) is 4.04. The van der Waals surface area contributed by atoms with Crippen LogP contribution in [0.15, 0.2) is 30.3 Å². The summed E-state index contributed by atoms with van der Waals surface area (Å²) in [6.07, 6.45) is -0.798. The van der Waals surface area contributed by atoms with Gasteiger partial charge in [-0.3, -0.25) is 0 Å². The maximum atomic E-state index is 12.0. The van der Waals surface area contributed by atoms with Gasteiger partial charge in [0, 0.05) is 21.3 Å². The Hall–Kier alpha value is -0.940. The Morgan fingerprint density at radius 2 is 1.60 bits per heavy atom. The van der Waals surface area contributed by atoms with Gasteiger partial charge in [-0.2, -0.15) is 5.11 Å². The molecule has 4 nitrogen and oxygen atoms in total. The number of benzene rings is 1. The highest BCUT2D eigenvalue weighted by molar-refractivity contribution is 5.18. The molecule has 1 unspecified atom stereocenters. The van der Waals surface area contributed by atoms with Gasteiger partial charge in [-0.15, -0.1) is 0 Å². The van der Waals surface area contributed by atoms with E-state index < -0.39 is 12.1 Å². The Labute approximate surface area is 89.4 Å². The largest absolute Gasteiger partial charge is 0.368 e. The summed E-state index contributed by atoms with van der Waals surface area (Å²) in [5, 5.41) is 12.0. The van der Waals surface area contributed by atoms with Crippen molar-refractivity contribution in [1.29, 1.82) is 0 Å². The molecular weight excluding hydrogens is 196 g/mol. The van der Waals surface area contributed by atoms with E-state index in [-0.39, 0.29) is 0 Å². The fourth-order valence-electron chi connectivity index (χ4n) is 1.41. The van der Waals surface area contributed by atoms with Gasteiger partial charge in [0.25, 0.3) is 0 Å². The molecule has 15 heavy (non-hydrogen) atoms. The lowest BCUT2D eigenvalue weighted by atomic mass is 10.1. The van der Waals surface area contributed by atoms with Crippen molar-refractivity contribution in [2.75, 3.05) is 21.3 Å². The van der Waals surface area contributed by atoms with Gasteiger partial charge in [-0.05, 0) is 5.56 Å². The molecule has 0 N–H and O–H groups in total. The molecule has 0 fully saturated rings. The van der Waals surface area contributed by atoms with Crippen molar-refractivity contribution in [2.24, 2.45) is 0 Å². The van der Waals surface area contributed by atoms with E-state index >= 15 is 0 Å². The van der Waals surface area contributed by atoms with Crippen molar-refractivity contribution < 1.29 is 19.3 Å². The molecule has 1 aromatic carbocycles. The average molecular weight is 211 g/mol. The van der Waals surface area contributed by atoms with Crippen LogP contribution in [0.2, 0.25) is 0 Å². The van der Waals surface area contributed by atoms with Gasteiger partial charge in [0.2, 0.25) is 0 Å². The number of rotatable bonds is 5. The smallest absolute Gasteiger partial charge is 0.343 e. The van der Waals surface area contributed by atoms with Gasteiger partial charge >= 0.3 is 5.97 Å². The third-order valence-electron chi connectivity index (χ3n) is 2.23. The summed E-state index contributed by atoms with van der Waals surface area (Å²) >= 11 is 0. The van der Waals surface area contributed by atoms with Gasteiger partial charge < -0.3 is 14.2 Å². The maximum Gasteiger partial charge on any atom is 0.343 e. The Morgan fingerprint density at radius 1 is 1.07 bits per heavy atom. The van der Waals surface area contributed by atoms with E-state index in [0.29, 0.717) is 0 Å². The molecule has 1 aromatic rings. The third-order valence-corrected chi connectivity index (χ3v) is 2.23. The maximum absolute atomic E-state index is 12.0. The zero-order chi connectivity index (χ0) is 11.3. The first-order chi connectivity index (χ1) is 7.18. The fraction of sp³-hybridized carbons (Fsp3) is 0.455. The lowest BCUT2D eigenvalue weighted by molar-refractivity contribution is -0.410. The molecule has 0 saturated heterocycles. The van der Waals surface area contributed by atoms with Gasteiger partial charge in [-0.1, -0.05) is 30.3 Å². The van der Waals surface area contributed by atoms with E-state index in [2.05, 4.69) is 0 Å². The predicted molar refractivity (Wildman–Crippen MR) is 53.6 cm³/mol. The first-order valence-electron chi connectivity index (χ1n) is 4.56. The van der Waals surface area contributed by atoms with E-state index in [4.69, 9.17) is 14.2 Å². The van der Waals surface area contributed by atoms with Crippen molar-refractivity contribution in [1.82, 2.24) is 0 Å². The van der Waals surface area contributed by atoms with Crippen molar-refractivity contribution in [3.8, 4) is 0 Å². The normalized spacial score (nSPS) is 13.9. The zero-order valence-electron chi connectivity index (χ0n) is 9.10. The quantitative estimate of drug-likeness (QED) is 0.697. The monoisotopic (exact) mass is 211 g/mol. The SMILES string of the molecule is COC(c1ccccc1)C([O])(OC)OC. The van der Waals surface area contributed by atoms with Crippen LogP contribution in [-0.2, 0) is 19.3 Å². The molecule has 0 aliphatic rings. The number of methoxy groups -OCH3 is 3. The second-order valence-corrected chi connectivity index (χ2v) is 3.04. The lowest BCUT2D eigenvalue weighted by Gasteiger charge is -2.29. The molecule has 0 aliphatic heterocycles. The zero-order valence-corrected chi connectivity index (χ0v) is 9.10. The average Bonchev–Trinajstić information content (AvgIpc) is 2.31. The Kier molecular flexibility index (Phi) is 4.23. The molecule has 1 radical (unpaired) electrons. The molecular formula is C11H15O4. The lowest BCUT2D eigenvalue weighted by Crippen LogP contribution is -2.39. The molecule has 1 atom stereocenters. The Bertz CT molecular complexity index is 282. The van der Waals surface area contributed by atoms with Crippen molar-refractivity contribution in [3.63, 3.8) is 0 Å². The van der Waals surface area contributed by atoms with Gasteiger partial charge in [0.1, 0.15) is 0 Å². The Morgan fingerprint density at radius 3 is 2.00 bits per heavy atom. The van der Waals surface area contributed by atoms with E-state index in [0.717, 1.165) is 5.56 Å². The van der Waals surface area contributed by atoms with E-state index in [1.807, 2.05) is 18.2 Å². The topological polar surface area (TPSA) is 47.6 Å². The molecule has 1 rings (SSSR count). The van der Waals surface area contributed by atoms with E-state index in [1.54, 1.807) is 12.1 Å². The number of ether oxygens (including phenoxy) is 3. The van der Waals surface area contributed by atoms with E-state index in [9.17, 15) is 5.11 Å². The molecule has 0 spiro atoms. The first-order valence-corrected chi connectivity index (χ1v) is 4.56. The summed E-state index contributed by atoms with van der Waals surface area (Å²) < 4.78 is 14.7. The van der Waals surface area contributed by atoms with Crippen LogP contribution < -0.4 is 0 Å². The molecule has 0 aromatic heterocycles. The van der Waals surface area contributed by atoms with Crippen LogP contribution in [0.4, 0.5) is 0 Å². The van der Waals surface area contributed by atoms with Crippen LogP contribution >= 0.6 is 0 Å². The number of hydrogen-bond donors (Lipinski definition) is 0. The minimum absolute atomic E-state index is 0.721. The second kappa shape index (κ2) is 5.23. The highest BCUT2D eigenvalue weighted by atomic mass is 16.8. The highest BCUT2D eigenvalue weighted by Crippen LogP contribution is 2.30. The minimum atomic E-state index is -2.02.